The molecule has 0 saturated carbocycles. The van der Waals surface area contributed by atoms with E-state index in [-0.39, 0.29) is 30.6 Å². The normalized spacial score (nSPS) is 11.5. The van der Waals surface area contributed by atoms with Gasteiger partial charge >= 0.3 is 0 Å². The Hall–Kier alpha value is -2.53. The second-order valence-electron chi connectivity index (χ2n) is 6.30. The Morgan fingerprint density at radius 2 is 1.54 bits per heavy atom. The van der Waals surface area contributed by atoms with Gasteiger partial charge in [0, 0.05) is 29.2 Å². The lowest BCUT2D eigenvalue weighted by Crippen LogP contribution is -2.20. The summed E-state index contributed by atoms with van der Waals surface area (Å²) < 4.78 is 5.08. The van der Waals surface area contributed by atoms with Gasteiger partial charge in [0.2, 0.25) is 11.8 Å². The Labute approximate surface area is 158 Å². The lowest BCUT2D eigenvalue weighted by molar-refractivity contribution is -0.118. The molecule has 0 bridgehead atoms. The summed E-state index contributed by atoms with van der Waals surface area (Å²) in [5.41, 5.74) is 2.30. The van der Waals surface area contributed by atoms with Crippen LogP contribution in [-0.4, -0.2) is 18.9 Å². The molecule has 2 N–H and O–H groups in total. The maximum Gasteiger partial charge on any atom is 0.224 e. The molecule has 0 unspecified atom stereocenters. The number of hydrogen-bond donors (Lipinski definition) is 2. The average Bonchev–Trinajstić information content (AvgIpc) is 2.58. The van der Waals surface area contributed by atoms with Crippen molar-refractivity contribution in [3.63, 3.8) is 0 Å². The van der Waals surface area contributed by atoms with Crippen molar-refractivity contribution in [2.24, 2.45) is 5.92 Å². The van der Waals surface area contributed by atoms with Gasteiger partial charge in [-0.05, 0) is 54.8 Å². The van der Waals surface area contributed by atoms with E-state index in [0.29, 0.717) is 16.4 Å². The van der Waals surface area contributed by atoms with Crippen LogP contribution in [0.2, 0.25) is 5.02 Å². The summed E-state index contributed by atoms with van der Waals surface area (Å²) in [7, 11) is 1.59. The van der Waals surface area contributed by atoms with Crippen LogP contribution < -0.4 is 15.4 Å². The van der Waals surface area contributed by atoms with Gasteiger partial charge in [-0.2, -0.15) is 0 Å². The number of carbonyl (C=O) groups is 2. The number of methoxy groups -OCH3 is 1. The molecule has 0 fully saturated rings. The molecule has 0 aliphatic carbocycles. The van der Waals surface area contributed by atoms with E-state index in [4.69, 9.17) is 16.3 Å². The lowest BCUT2D eigenvalue weighted by atomic mass is 10.0. The molecule has 0 heterocycles. The van der Waals surface area contributed by atoms with Crippen molar-refractivity contribution in [3.8, 4) is 5.75 Å². The van der Waals surface area contributed by atoms with Crippen LogP contribution in [-0.2, 0) is 9.59 Å². The van der Waals surface area contributed by atoms with E-state index in [2.05, 4.69) is 10.6 Å². The number of benzene rings is 2. The molecule has 2 aromatic rings. The summed E-state index contributed by atoms with van der Waals surface area (Å²) in [6.07, 6.45) is 0.510. The molecule has 0 radical (unpaired) electrons. The fourth-order valence-electron chi connectivity index (χ4n) is 2.47. The number of amides is 2. The summed E-state index contributed by atoms with van der Waals surface area (Å²) in [6, 6.07) is 12.5. The molecule has 2 rings (SSSR count). The molecule has 0 saturated heterocycles. The molecule has 138 valence electrons. The van der Waals surface area contributed by atoms with Gasteiger partial charge in [0.25, 0.3) is 0 Å². The van der Waals surface area contributed by atoms with Crippen LogP contribution in [0.25, 0.3) is 0 Å². The highest BCUT2D eigenvalue weighted by Crippen LogP contribution is 2.21. The molecular formula is C20H23ClN2O3. The van der Waals surface area contributed by atoms with Crippen LogP contribution in [0.15, 0.2) is 42.5 Å². The molecule has 5 nitrogen and oxygen atoms in total. The number of nitrogens with one attached hydrogen (secondary N) is 2. The lowest BCUT2D eigenvalue weighted by Gasteiger charge is -2.12. The van der Waals surface area contributed by atoms with Crippen molar-refractivity contribution in [3.05, 3.63) is 53.1 Å². The van der Waals surface area contributed by atoms with Crippen LogP contribution in [0.5, 0.6) is 5.75 Å². The third kappa shape index (κ3) is 6.08. The average molecular weight is 375 g/mol. The van der Waals surface area contributed by atoms with Gasteiger partial charge < -0.3 is 15.4 Å². The van der Waals surface area contributed by atoms with E-state index in [9.17, 15) is 9.59 Å². The van der Waals surface area contributed by atoms with E-state index < -0.39 is 0 Å². The van der Waals surface area contributed by atoms with E-state index >= 15 is 0 Å². The van der Waals surface area contributed by atoms with Gasteiger partial charge in [0.15, 0.2) is 0 Å². The van der Waals surface area contributed by atoms with E-state index in [1.807, 2.05) is 19.9 Å². The maximum absolute atomic E-state index is 12.1. The van der Waals surface area contributed by atoms with Crippen LogP contribution in [0.3, 0.4) is 0 Å². The fourth-order valence-corrected chi connectivity index (χ4v) is 2.65. The standard InChI is InChI=1S/C20H23ClN2O3/c1-13(10-19(24)22-15-6-8-17(26-3)9-7-15)11-20(25)23-16-5-4-14(2)18(21)12-16/h4-9,12-13H,10-11H2,1-3H3,(H,22,24)(H,23,25)/t13-/m1/s1. The van der Waals surface area contributed by atoms with Crippen molar-refractivity contribution in [1.29, 1.82) is 0 Å². The van der Waals surface area contributed by atoms with Gasteiger partial charge in [-0.3, -0.25) is 9.59 Å². The molecule has 6 heteroatoms. The number of carbonyl (C=O) groups excluding carboxylic acids is 2. The highest BCUT2D eigenvalue weighted by Gasteiger charge is 2.14. The summed E-state index contributed by atoms with van der Waals surface area (Å²) in [6.45, 7) is 3.77. The van der Waals surface area contributed by atoms with Gasteiger partial charge in [-0.1, -0.05) is 24.6 Å². The molecule has 1 atom stereocenters. The molecule has 0 aliphatic rings. The van der Waals surface area contributed by atoms with E-state index in [1.165, 1.54) is 0 Å². The first-order chi connectivity index (χ1) is 12.4. The molecule has 2 aromatic carbocycles. The number of halogens is 1. The van der Waals surface area contributed by atoms with Crippen LogP contribution in [0, 0.1) is 12.8 Å². The quantitative estimate of drug-likeness (QED) is 0.741. The van der Waals surface area contributed by atoms with Gasteiger partial charge in [0.05, 0.1) is 7.11 Å². The highest BCUT2D eigenvalue weighted by molar-refractivity contribution is 6.31. The summed E-state index contributed by atoms with van der Waals surface area (Å²) >= 11 is 6.06. The SMILES string of the molecule is COc1ccc(NC(=O)C[C@@H](C)CC(=O)Nc2ccc(C)c(Cl)c2)cc1. The van der Waals surface area contributed by atoms with Crippen LogP contribution >= 0.6 is 11.6 Å². The Balaban J connectivity index is 1.80. The molecule has 0 aromatic heterocycles. The van der Waals surface area contributed by atoms with Crippen molar-refractivity contribution >= 4 is 34.8 Å². The summed E-state index contributed by atoms with van der Waals surface area (Å²) in [5.74, 6) is 0.363. The second kappa shape index (κ2) is 9.25. The third-order valence-corrected chi connectivity index (χ3v) is 4.30. The predicted octanol–water partition coefficient (Wildman–Crippen LogP) is 4.65. The molecule has 26 heavy (non-hydrogen) atoms. The fraction of sp³-hybridized carbons (Fsp3) is 0.300. The highest BCUT2D eigenvalue weighted by atomic mass is 35.5. The monoisotopic (exact) mass is 374 g/mol. The second-order valence-corrected chi connectivity index (χ2v) is 6.71. The minimum atomic E-state index is -0.144. The van der Waals surface area contributed by atoms with Crippen molar-refractivity contribution < 1.29 is 14.3 Å². The van der Waals surface area contributed by atoms with Crippen LogP contribution in [0.1, 0.15) is 25.3 Å². The Kier molecular flexibility index (Phi) is 7.04. The number of rotatable bonds is 7. The number of aryl methyl sites for hydroxylation is 1. The zero-order valence-electron chi connectivity index (χ0n) is 15.1. The number of anilines is 2. The minimum Gasteiger partial charge on any atom is -0.497 e. The molecule has 2 amide bonds. The van der Waals surface area contributed by atoms with Gasteiger partial charge in [0.1, 0.15) is 5.75 Å². The zero-order chi connectivity index (χ0) is 19.1. The molecule has 0 spiro atoms. The van der Waals surface area contributed by atoms with Crippen molar-refractivity contribution in [2.45, 2.75) is 26.7 Å². The first-order valence-corrected chi connectivity index (χ1v) is 8.75. The topological polar surface area (TPSA) is 67.4 Å². The predicted molar refractivity (Wildman–Crippen MR) is 105 cm³/mol. The first kappa shape index (κ1) is 19.8. The van der Waals surface area contributed by atoms with E-state index in [0.717, 1.165) is 11.3 Å². The zero-order valence-corrected chi connectivity index (χ0v) is 15.9. The number of ether oxygens (including phenoxy) is 1. The largest absolute Gasteiger partial charge is 0.497 e. The van der Waals surface area contributed by atoms with Crippen LogP contribution in [0.4, 0.5) is 11.4 Å². The summed E-state index contributed by atoms with van der Waals surface area (Å²) in [5, 5.41) is 6.23. The number of hydrogen-bond acceptors (Lipinski definition) is 3. The maximum atomic E-state index is 12.1. The molecular weight excluding hydrogens is 352 g/mol. The van der Waals surface area contributed by atoms with Crippen molar-refractivity contribution in [1.82, 2.24) is 0 Å². The minimum absolute atomic E-state index is 0.0887. The smallest absolute Gasteiger partial charge is 0.224 e. The third-order valence-electron chi connectivity index (χ3n) is 3.90. The summed E-state index contributed by atoms with van der Waals surface area (Å²) in [4.78, 5) is 24.2. The van der Waals surface area contributed by atoms with E-state index in [1.54, 1.807) is 43.5 Å². The van der Waals surface area contributed by atoms with Crippen molar-refractivity contribution in [2.75, 3.05) is 17.7 Å². The first-order valence-electron chi connectivity index (χ1n) is 8.37. The molecule has 0 aliphatic heterocycles. The van der Waals surface area contributed by atoms with Gasteiger partial charge in [-0.25, -0.2) is 0 Å². The Morgan fingerprint density at radius 3 is 2.08 bits per heavy atom. The van der Waals surface area contributed by atoms with Gasteiger partial charge in [-0.15, -0.1) is 0 Å². The Bertz CT molecular complexity index is 775. The Morgan fingerprint density at radius 1 is 1.00 bits per heavy atom.